The number of hydrogen-bond acceptors (Lipinski definition) is 5. The molecular weight excluding hydrogens is 332 g/mol. The van der Waals surface area contributed by atoms with Crippen molar-refractivity contribution in [2.24, 2.45) is 0 Å². The SMILES string of the molecule is CO[C@@H]1O[C@H]2CO[C@@H]([C@@H]1OCc1ccccc1)[C@H]2OCc1ccccc1. The molecule has 0 saturated carbocycles. The number of fused-ring (bicyclic) bond motifs is 2. The van der Waals surface area contributed by atoms with Crippen molar-refractivity contribution >= 4 is 0 Å². The van der Waals surface area contributed by atoms with Gasteiger partial charge in [0.1, 0.15) is 24.4 Å². The summed E-state index contributed by atoms with van der Waals surface area (Å²) in [7, 11) is 1.63. The van der Waals surface area contributed by atoms with Gasteiger partial charge in [0.2, 0.25) is 0 Å². The molecule has 2 heterocycles. The van der Waals surface area contributed by atoms with Crippen LogP contribution in [-0.2, 0) is 36.9 Å². The van der Waals surface area contributed by atoms with Crippen molar-refractivity contribution in [2.75, 3.05) is 13.7 Å². The van der Waals surface area contributed by atoms with Crippen molar-refractivity contribution in [1.29, 1.82) is 0 Å². The second kappa shape index (κ2) is 8.29. The number of methoxy groups -OCH3 is 1. The molecule has 4 rings (SSSR count). The van der Waals surface area contributed by atoms with Crippen LogP contribution in [0.2, 0.25) is 0 Å². The first kappa shape index (κ1) is 17.6. The number of rotatable bonds is 7. The molecule has 2 fully saturated rings. The zero-order valence-corrected chi connectivity index (χ0v) is 14.8. The summed E-state index contributed by atoms with van der Waals surface area (Å²) in [5, 5.41) is 0. The van der Waals surface area contributed by atoms with E-state index in [1.807, 2.05) is 60.7 Å². The Hall–Kier alpha value is -1.76. The normalized spacial score (nSPS) is 30.4. The Morgan fingerprint density at radius 2 is 1.42 bits per heavy atom. The van der Waals surface area contributed by atoms with Crippen LogP contribution in [0.25, 0.3) is 0 Å². The van der Waals surface area contributed by atoms with Crippen LogP contribution in [0.15, 0.2) is 60.7 Å². The lowest BCUT2D eigenvalue weighted by Gasteiger charge is -2.39. The molecule has 0 aromatic heterocycles. The molecule has 0 unspecified atom stereocenters. The van der Waals surface area contributed by atoms with Crippen LogP contribution in [0.1, 0.15) is 11.1 Å². The third kappa shape index (κ3) is 3.82. The van der Waals surface area contributed by atoms with Crippen molar-refractivity contribution < 1.29 is 23.7 Å². The van der Waals surface area contributed by atoms with E-state index in [0.29, 0.717) is 19.8 Å². The monoisotopic (exact) mass is 356 g/mol. The molecular formula is C21H24O5. The third-order valence-corrected chi connectivity index (χ3v) is 4.85. The fraction of sp³-hybridized carbons (Fsp3) is 0.429. The number of ether oxygens (including phenoxy) is 5. The summed E-state index contributed by atoms with van der Waals surface area (Å²) < 4.78 is 29.8. The molecule has 0 aliphatic carbocycles. The van der Waals surface area contributed by atoms with E-state index in [-0.39, 0.29) is 24.4 Å². The van der Waals surface area contributed by atoms with Gasteiger partial charge in [0.25, 0.3) is 0 Å². The lowest BCUT2D eigenvalue weighted by Crippen LogP contribution is -2.55. The lowest BCUT2D eigenvalue weighted by molar-refractivity contribution is -0.274. The van der Waals surface area contributed by atoms with Crippen LogP contribution in [0.4, 0.5) is 0 Å². The van der Waals surface area contributed by atoms with Crippen LogP contribution in [0.3, 0.4) is 0 Å². The van der Waals surface area contributed by atoms with Crippen LogP contribution in [-0.4, -0.2) is 44.4 Å². The molecule has 0 amide bonds. The standard InChI is InChI=1S/C21H24O5/c1-22-21-20(24-13-16-10-6-3-7-11-16)19-18(17(26-21)14-25-19)23-12-15-8-4-2-5-9-15/h2-11,17-21H,12-14H2,1H3/t17-,18-,19+,20-,21+/m0/s1. The van der Waals surface area contributed by atoms with Crippen molar-refractivity contribution in [3.8, 4) is 0 Å². The highest BCUT2D eigenvalue weighted by Crippen LogP contribution is 2.34. The Kier molecular flexibility index (Phi) is 5.62. The van der Waals surface area contributed by atoms with Crippen molar-refractivity contribution in [2.45, 2.75) is 43.9 Å². The largest absolute Gasteiger partial charge is 0.370 e. The molecule has 0 spiro atoms. The Morgan fingerprint density at radius 1 is 0.846 bits per heavy atom. The summed E-state index contributed by atoms with van der Waals surface area (Å²) in [5.74, 6) is 0. The maximum Gasteiger partial charge on any atom is 0.186 e. The van der Waals surface area contributed by atoms with E-state index in [4.69, 9.17) is 23.7 Å². The van der Waals surface area contributed by atoms with E-state index >= 15 is 0 Å². The van der Waals surface area contributed by atoms with Crippen LogP contribution >= 0.6 is 0 Å². The highest BCUT2D eigenvalue weighted by Gasteiger charge is 2.53. The first-order valence-corrected chi connectivity index (χ1v) is 8.96. The van der Waals surface area contributed by atoms with E-state index in [1.165, 1.54) is 0 Å². The quantitative estimate of drug-likeness (QED) is 0.763. The van der Waals surface area contributed by atoms with E-state index in [9.17, 15) is 0 Å². The van der Waals surface area contributed by atoms with Gasteiger partial charge in [-0.2, -0.15) is 0 Å². The highest BCUT2D eigenvalue weighted by atomic mass is 16.7. The molecule has 26 heavy (non-hydrogen) atoms. The van der Waals surface area contributed by atoms with Gasteiger partial charge in [0.05, 0.1) is 19.8 Å². The van der Waals surface area contributed by atoms with E-state index in [2.05, 4.69) is 0 Å². The number of benzene rings is 2. The zero-order valence-electron chi connectivity index (χ0n) is 14.8. The molecule has 2 aliphatic rings. The Labute approximate surface area is 153 Å². The van der Waals surface area contributed by atoms with Gasteiger partial charge < -0.3 is 23.7 Å². The maximum atomic E-state index is 6.15. The van der Waals surface area contributed by atoms with E-state index < -0.39 is 6.29 Å². The minimum atomic E-state index is -0.451. The second-order valence-corrected chi connectivity index (χ2v) is 6.60. The van der Waals surface area contributed by atoms with Gasteiger partial charge in [0.15, 0.2) is 6.29 Å². The van der Waals surface area contributed by atoms with Crippen molar-refractivity contribution in [3.05, 3.63) is 71.8 Å². The summed E-state index contributed by atoms with van der Waals surface area (Å²) in [6.07, 6.45) is -1.29. The predicted octanol–water partition coefficient (Wildman–Crippen LogP) is 2.93. The summed E-state index contributed by atoms with van der Waals surface area (Å²) in [6.45, 7) is 1.49. The lowest BCUT2D eigenvalue weighted by atomic mass is 10.0. The molecule has 2 aromatic rings. The number of hydrogen-bond donors (Lipinski definition) is 0. The molecule has 5 nitrogen and oxygen atoms in total. The van der Waals surface area contributed by atoms with Gasteiger partial charge in [-0.1, -0.05) is 60.7 Å². The average Bonchev–Trinajstić information content (AvgIpc) is 3.00. The minimum absolute atomic E-state index is 0.134. The van der Waals surface area contributed by atoms with Gasteiger partial charge in [-0.3, -0.25) is 0 Å². The Balaban J connectivity index is 1.42. The Morgan fingerprint density at radius 3 is 2.00 bits per heavy atom. The average molecular weight is 356 g/mol. The van der Waals surface area contributed by atoms with E-state index in [0.717, 1.165) is 11.1 Å². The van der Waals surface area contributed by atoms with Gasteiger partial charge >= 0.3 is 0 Å². The fourth-order valence-corrected chi connectivity index (χ4v) is 3.51. The molecule has 138 valence electrons. The topological polar surface area (TPSA) is 46.2 Å². The van der Waals surface area contributed by atoms with Gasteiger partial charge in [-0.15, -0.1) is 0 Å². The summed E-state index contributed by atoms with van der Waals surface area (Å²) in [6, 6.07) is 20.2. The second-order valence-electron chi connectivity index (χ2n) is 6.60. The third-order valence-electron chi connectivity index (χ3n) is 4.85. The minimum Gasteiger partial charge on any atom is -0.370 e. The van der Waals surface area contributed by atoms with Crippen LogP contribution in [0.5, 0.6) is 0 Å². The van der Waals surface area contributed by atoms with Crippen molar-refractivity contribution in [1.82, 2.24) is 0 Å². The first-order chi connectivity index (χ1) is 12.8. The highest BCUT2D eigenvalue weighted by molar-refractivity contribution is 5.14. The molecule has 2 aromatic carbocycles. The van der Waals surface area contributed by atoms with Gasteiger partial charge in [-0.05, 0) is 11.1 Å². The molecule has 2 bridgehead atoms. The summed E-state index contributed by atoms with van der Waals surface area (Å²) >= 11 is 0. The maximum absolute atomic E-state index is 6.15. The predicted molar refractivity (Wildman–Crippen MR) is 95.4 cm³/mol. The fourth-order valence-electron chi connectivity index (χ4n) is 3.51. The first-order valence-electron chi connectivity index (χ1n) is 8.96. The molecule has 5 heteroatoms. The molecule has 5 atom stereocenters. The summed E-state index contributed by atoms with van der Waals surface area (Å²) in [4.78, 5) is 0. The molecule has 2 saturated heterocycles. The Bertz CT molecular complexity index is 677. The zero-order chi connectivity index (χ0) is 17.8. The van der Waals surface area contributed by atoms with Crippen molar-refractivity contribution in [3.63, 3.8) is 0 Å². The van der Waals surface area contributed by atoms with Crippen LogP contribution in [0, 0.1) is 0 Å². The molecule has 0 N–H and O–H groups in total. The smallest absolute Gasteiger partial charge is 0.186 e. The van der Waals surface area contributed by atoms with Crippen LogP contribution < -0.4 is 0 Å². The van der Waals surface area contributed by atoms with E-state index in [1.54, 1.807) is 7.11 Å². The molecule has 2 aliphatic heterocycles. The van der Waals surface area contributed by atoms with Gasteiger partial charge in [-0.25, -0.2) is 0 Å². The molecule has 0 radical (unpaired) electrons. The summed E-state index contributed by atoms with van der Waals surface area (Å²) in [5.41, 5.74) is 2.23. The van der Waals surface area contributed by atoms with Gasteiger partial charge in [0, 0.05) is 7.11 Å².